The van der Waals surface area contributed by atoms with E-state index in [2.05, 4.69) is 15.6 Å². The second-order valence-corrected chi connectivity index (χ2v) is 6.46. The number of aromatic nitrogens is 1. The third-order valence-corrected chi connectivity index (χ3v) is 4.17. The molecule has 0 saturated carbocycles. The number of hydrogen-bond donors (Lipinski definition) is 3. The van der Waals surface area contributed by atoms with Crippen molar-refractivity contribution in [2.75, 3.05) is 10.6 Å². The molecule has 0 bridgehead atoms. The fourth-order valence-electron chi connectivity index (χ4n) is 2.48. The number of benzene rings is 2. The number of alkyl halides is 3. The van der Waals surface area contributed by atoms with Crippen LogP contribution in [-0.4, -0.2) is 22.1 Å². The number of pyridine rings is 1. The Hall–Kier alpha value is -3.79. The molecule has 0 aliphatic heterocycles. The molecule has 1 heterocycles. The highest BCUT2D eigenvalue weighted by atomic mass is 35.5. The molecule has 31 heavy (non-hydrogen) atoms. The number of aromatic carboxylic acids is 1. The van der Waals surface area contributed by atoms with E-state index in [1.165, 1.54) is 48.7 Å². The Balaban J connectivity index is 1.65. The van der Waals surface area contributed by atoms with Crippen molar-refractivity contribution in [2.45, 2.75) is 6.18 Å². The second kappa shape index (κ2) is 8.92. The van der Waals surface area contributed by atoms with E-state index in [9.17, 15) is 22.8 Å². The number of hydrogen-bond acceptors (Lipinski definition) is 4. The average molecular weight is 452 g/mol. The fourth-order valence-corrected chi connectivity index (χ4v) is 2.71. The summed E-state index contributed by atoms with van der Waals surface area (Å²) in [6.07, 6.45) is -3.34. The Labute approximate surface area is 178 Å². The first kappa shape index (κ1) is 21.9. The molecule has 0 radical (unpaired) electrons. The van der Waals surface area contributed by atoms with Gasteiger partial charge >= 0.3 is 18.2 Å². The van der Waals surface area contributed by atoms with Crippen LogP contribution in [0.1, 0.15) is 16.1 Å². The lowest BCUT2D eigenvalue weighted by molar-refractivity contribution is -0.137. The van der Waals surface area contributed by atoms with E-state index >= 15 is 0 Å². The molecule has 11 heteroatoms. The predicted molar refractivity (Wildman–Crippen MR) is 107 cm³/mol. The van der Waals surface area contributed by atoms with Crippen LogP contribution in [0.3, 0.4) is 0 Å². The quantitative estimate of drug-likeness (QED) is 0.449. The molecule has 0 saturated heterocycles. The number of halogens is 4. The molecule has 0 fully saturated rings. The zero-order chi connectivity index (χ0) is 22.6. The summed E-state index contributed by atoms with van der Waals surface area (Å²) < 4.78 is 44.2. The number of nitrogens with zero attached hydrogens (tertiary/aromatic N) is 1. The van der Waals surface area contributed by atoms with Gasteiger partial charge in [0.2, 0.25) is 0 Å². The normalized spacial score (nSPS) is 11.0. The molecule has 3 aromatic rings. The summed E-state index contributed by atoms with van der Waals surface area (Å²) in [5, 5.41) is 13.4. The van der Waals surface area contributed by atoms with Gasteiger partial charge in [-0.2, -0.15) is 13.2 Å². The molecule has 0 aliphatic carbocycles. The van der Waals surface area contributed by atoms with Gasteiger partial charge < -0.3 is 20.5 Å². The van der Waals surface area contributed by atoms with Gasteiger partial charge in [0.25, 0.3) is 0 Å². The number of anilines is 2. The molecule has 7 nitrogen and oxygen atoms in total. The van der Waals surface area contributed by atoms with Gasteiger partial charge in [0.1, 0.15) is 5.75 Å². The zero-order valence-electron chi connectivity index (χ0n) is 15.4. The van der Waals surface area contributed by atoms with Crippen molar-refractivity contribution in [2.24, 2.45) is 0 Å². The number of carboxylic acids is 1. The Bertz CT molecular complexity index is 1120. The molecule has 0 unspecified atom stereocenters. The van der Waals surface area contributed by atoms with E-state index in [0.29, 0.717) is 5.69 Å². The lowest BCUT2D eigenvalue weighted by atomic mass is 10.2. The van der Waals surface area contributed by atoms with Crippen molar-refractivity contribution < 1.29 is 32.6 Å². The number of ether oxygens (including phenoxy) is 1. The molecule has 2 aromatic carbocycles. The van der Waals surface area contributed by atoms with Gasteiger partial charge in [-0.3, -0.25) is 0 Å². The first-order valence-corrected chi connectivity index (χ1v) is 8.92. The van der Waals surface area contributed by atoms with Crippen LogP contribution in [0.25, 0.3) is 0 Å². The van der Waals surface area contributed by atoms with Crippen LogP contribution >= 0.6 is 11.6 Å². The average Bonchev–Trinajstić information content (AvgIpc) is 2.70. The van der Waals surface area contributed by atoms with Crippen LogP contribution < -0.4 is 15.4 Å². The minimum atomic E-state index is -4.66. The molecule has 160 valence electrons. The van der Waals surface area contributed by atoms with Crippen LogP contribution in [0.5, 0.6) is 11.5 Å². The Kier molecular flexibility index (Phi) is 6.30. The number of urea groups is 1. The van der Waals surface area contributed by atoms with E-state index < -0.39 is 28.8 Å². The maximum absolute atomic E-state index is 12.9. The first-order valence-electron chi connectivity index (χ1n) is 8.54. The van der Waals surface area contributed by atoms with E-state index in [4.69, 9.17) is 21.4 Å². The van der Waals surface area contributed by atoms with Gasteiger partial charge in [-0.05, 0) is 54.6 Å². The minimum Gasteiger partial charge on any atom is -0.476 e. The van der Waals surface area contributed by atoms with Gasteiger partial charge in [0, 0.05) is 17.6 Å². The van der Waals surface area contributed by atoms with Crippen LogP contribution in [0.15, 0.2) is 60.8 Å². The summed E-state index contributed by atoms with van der Waals surface area (Å²) in [7, 11) is 0. The number of carbonyl (C=O) groups excluding carboxylic acids is 1. The predicted octanol–water partition coefficient (Wildman–Crippen LogP) is 5.89. The van der Waals surface area contributed by atoms with E-state index in [1.54, 1.807) is 0 Å². The molecule has 0 aliphatic rings. The number of rotatable bonds is 5. The van der Waals surface area contributed by atoms with Crippen molar-refractivity contribution in [3.8, 4) is 11.5 Å². The highest BCUT2D eigenvalue weighted by Gasteiger charge is 2.33. The van der Waals surface area contributed by atoms with Crippen LogP contribution in [-0.2, 0) is 6.18 Å². The number of carboxylic acid groups (broad SMARTS) is 1. The van der Waals surface area contributed by atoms with Crippen LogP contribution in [0.4, 0.5) is 29.3 Å². The van der Waals surface area contributed by atoms with E-state index in [-0.39, 0.29) is 22.9 Å². The highest BCUT2D eigenvalue weighted by Crippen LogP contribution is 2.36. The van der Waals surface area contributed by atoms with Crippen molar-refractivity contribution in [1.29, 1.82) is 0 Å². The summed E-state index contributed by atoms with van der Waals surface area (Å²) in [5.74, 6) is -0.924. The third kappa shape index (κ3) is 5.64. The molecule has 3 N–H and O–H groups in total. The number of carbonyl (C=O) groups is 2. The third-order valence-electron chi connectivity index (χ3n) is 3.84. The molecule has 2 amide bonds. The van der Waals surface area contributed by atoms with Gasteiger partial charge in [-0.15, -0.1) is 0 Å². The fraction of sp³-hybridized carbons (Fsp3) is 0.0500. The molecule has 0 atom stereocenters. The molecular weight excluding hydrogens is 439 g/mol. The SMILES string of the molecule is O=C(Nc1ccc(Oc2cccnc2C(=O)O)cc1)Nc1ccc(Cl)c(C(F)(F)F)c1. The Morgan fingerprint density at radius 3 is 2.29 bits per heavy atom. The summed E-state index contributed by atoms with van der Waals surface area (Å²) in [6, 6.07) is 11.1. The smallest absolute Gasteiger partial charge is 0.417 e. The number of amides is 2. The van der Waals surface area contributed by atoms with Gasteiger partial charge in [0.05, 0.1) is 10.6 Å². The summed E-state index contributed by atoms with van der Waals surface area (Å²) in [5.41, 5.74) is -1.10. The monoisotopic (exact) mass is 451 g/mol. The Morgan fingerprint density at radius 2 is 1.65 bits per heavy atom. The van der Waals surface area contributed by atoms with Gasteiger partial charge in [-0.1, -0.05) is 11.6 Å². The lowest BCUT2D eigenvalue weighted by Gasteiger charge is -2.13. The molecule has 3 rings (SSSR count). The zero-order valence-corrected chi connectivity index (χ0v) is 16.2. The van der Waals surface area contributed by atoms with Crippen molar-refractivity contribution in [3.05, 3.63) is 77.1 Å². The minimum absolute atomic E-state index is 0.0386. The Morgan fingerprint density at radius 1 is 1.00 bits per heavy atom. The van der Waals surface area contributed by atoms with Crippen LogP contribution in [0.2, 0.25) is 5.02 Å². The summed E-state index contributed by atoms with van der Waals surface area (Å²) >= 11 is 5.55. The molecule has 0 spiro atoms. The highest BCUT2D eigenvalue weighted by molar-refractivity contribution is 6.31. The maximum atomic E-state index is 12.9. The van der Waals surface area contributed by atoms with E-state index in [0.717, 1.165) is 12.1 Å². The standard InChI is InChI=1S/C20H13ClF3N3O4/c21-15-8-5-12(10-14(15)20(22,23)24)27-19(30)26-11-3-6-13(7-4-11)31-16-2-1-9-25-17(16)18(28)29/h1-10H,(H,28,29)(H2,26,27,30). The van der Waals surface area contributed by atoms with Gasteiger partial charge in [0.15, 0.2) is 11.4 Å². The summed E-state index contributed by atoms with van der Waals surface area (Å²) in [4.78, 5) is 27.0. The lowest BCUT2D eigenvalue weighted by Crippen LogP contribution is -2.19. The first-order chi connectivity index (χ1) is 14.6. The van der Waals surface area contributed by atoms with Crippen molar-refractivity contribution in [3.63, 3.8) is 0 Å². The maximum Gasteiger partial charge on any atom is 0.417 e. The van der Waals surface area contributed by atoms with Gasteiger partial charge in [-0.25, -0.2) is 14.6 Å². The van der Waals surface area contributed by atoms with Crippen molar-refractivity contribution in [1.82, 2.24) is 4.98 Å². The molecular formula is C20H13ClF3N3O4. The van der Waals surface area contributed by atoms with E-state index in [1.807, 2.05) is 0 Å². The van der Waals surface area contributed by atoms with Crippen LogP contribution in [0, 0.1) is 0 Å². The number of nitrogens with one attached hydrogen (secondary N) is 2. The topological polar surface area (TPSA) is 101 Å². The molecule has 1 aromatic heterocycles. The largest absolute Gasteiger partial charge is 0.476 e. The van der Waals surface area contributed by atoms with Crippen molar-refractivity contribution >= 4 is 35.0 Å². The second-order valence-electron chi connectivity index (χ2n) is 6.05. The summed E-state index contributed by atoms with van der Waals surface area (Å²) in [6.45, 7) is 0.